The number of aliphatic carboxylic acids is 1. The van der Waals surface area contributed by atoms with Crippen LogP contribution in [0.4, 0.5) is 0 Å². The molecule has 0 aliphatic rings. The molecular weight excluding hydrogens is 260 g/mol. The van der Waals surface area contributed by atoms with Gasteiger partial charge in [-0.05, 0) is 41.6 Å². The lowest BCUT2D eigenvalue weighted by atomic mass is 10.2. The molecule has 1 heterocycles. The third-order valence-electron chi connectivity index (χ3n) is 2.56. The van der Waals surface area contributed by atoms with Crippen LogP contribution in [0.15, 0.2) is 41.8 Å². The average molecular weight is 274 g/mol. The number of thiophene rings is 1. The van der Waals surface area contributed by atoms with Crippen LogP contribution in [-0.4, -0.2) is 11.1 Å². The molecule has 0 spiro atoms. The molecule has 2 rings (SSSR count). The molecule has 0 amide bonds. The minimum absolute atomic E-state index is 0.496. The summed E-state index contributed by atoms with van der Waals surface area (Å²) in [4.78, 5) is 11.5. The van der Waals surface area contributed by atoms with Crippen LogP contribution in [-0.2, 0) is 11.4 Å². The van der Waals surface area contributed by atoms with Crippen LogP contribution < -0.4 is 4.74 Å². The number of para-hydroxylation sites is 1. The highest BCUT2D eigenvalue weighted by molar-refractivity contribution is 7.10. The van der Waals surface area contributed by atoms with E-state index in [9.17, 15) is 4.79 Å². The summed E-state index contributed by atoms with van der Waals surface area (Å²) in [5, 5.41) is 10.5. The van der Waals surface area contributed by atoms with Gasteiger partial charge in [-0.2, -0.15) is 0 Å². The Morgan fingerprint density at radius 2 is 2.21 bits per heavy atom. The lowest BCUT2D eigenvalue weighted by Crippen LogP contribution is -1.94. The first-order valence-corrected chi connectivity index (χ1v) is 6.70. The third kappa shape index (κ3) is 3.96. The van der Waals surface area contributed by atoms with Crippen molar-refractivity contribution < 1.29 is 14.6 Å². The first kappa shape index (κ1) is 13.4. The maximum atomic E-state index is 10.4. The molecule has 1 aromatic carbocycles. The molecule has 0 unspecified atom stereocenters. The van der Waals surface area contributed by atoms with Gasteiger partial charge in [-0.3, -0.25) is 0 Å². The second kappa shape index (κ2) is 6.20. The van der Waals surface area contributed by atoms with Crippen LogP contribution in [0.3, 0.4) is 0 Å². The molecule has 2 aromatic rings. The molecule has 3 nitrogen and oxygen atoms in total. The number of carbonyl (C=O) groups is 1. The van der Waals surface area contributed by atoms with Crippen molar-refractivity contribution in [3.05, 3.63) is 57.8 Å². The number of hydrogen-bond donors (Lipinski definition) is 1. The van der Waals surface area contributed by atoms with Gasteiger partial charge in [0.05, 0.1) is 0 Å². The molecule has 0 aliphatic carbocycles. The van der Waals surface area contributed by atoms with Crippen molar-refractivity contribution in [1.29, 1.82) is 0 Å². The maximum Gasteiger partial charge on any atom is 0.328 e. The Hall–Kier alpha value is -2.07. The van der Waals surface area contributed by atoms with Crippen LogP contribution in [0.25, 0.3) is 6.08 Å². The van der Waals surface area contributed by atoms with Gasteiger partial charge < -0.3 is 9.84 Å². The zero-order valence-corrected chi connectivity index (χ0v) is 11.3. The summed E-state index contributed by atoms with van der Waals surface area (Å²) in [6.45, 7) is 2.50. The lowest BCUT2D eigenvalue weighted by molar-refractivity contribution is -0.131. The molecule has 1 aromatic heterocycles. The summed E-state index contributed by atoms with van der Waals surface area (Å²) in [6.07, 6.45) is 2.71. The molecule has 0 fully saturated rings. The molecule has 0 saturated carbocycles. The number of carboxylic acid groups (broad SMARTS) is 1. The van der Waals surface area contributed by atoms with Gasteiger partial charge in [-0.15, -0.1) is 11.3 Å². The Morgan fingerprint density at radius 1 is 1.42 bits per heavy atom. The van der Waals surface area contributed by atoms with E-state index in [-0.39, 0.29) is 0 Å². The topological polar surface area (TPSA) is 46.5 Å². The molecule has 4 heteroatoms. The van der Waals surface area contributed by atoms with Crippen LogP contribution in [0.2, 0.25) is 0 Å². The summed E-state index contributed by atoms with van der Waals surface area (Å²) in [5.41, 5.74) is 1.99. The first-order valence-electron chi connectivity index (χ1n) is 5.82. The fourth-order valence-electron chi connectivity index (χ4n) is 1.60. The largest absolute Gasteiger partial charge is 0.488 e. The molecule has 0 radical (unpaired) electrons. The van der Waals surface area contributed by atoms with Gasteiger partial charge in [0.15, 0.2) is 0 Å². The van der Waals surface area contributed by atoms with Crippen molar-refractivity contribution >= 4 is 23.4 Å². The lowest BCUT2D eigenvalue weighted by Gasteiger charge is -2.06. The molecule has 0 saturated heterocycles. The van der Waals surface area contributed by atoms with Gasteiger partial charge >= 0.3 is 5.97 Å². The Labute approximate surface area is 115 Å². The predicted octanol–water partition coefficient (Wildman–Crippen LogP) is 3.73. The number of hydrogen-bond acceptors (Lipinski definition) is 3. The minimum Gasteiger partial charge on any atom is -0.488 e. The Kier molecular flexibility index (Phi) is 4.36. The molecule has 0 aliphatic heterocycles. The summed E-state index contributed by atoms with van der Waals surface area (Å²) in [7, 11) is 0. The van der Waals surface area contributed by atoms with E-state index < -0.39 is 5.97 Å². The highest BCUT2D eigenvalue weighted by atomic mass is 32.1. The van der Waals surface area contributed by atoms with E-state index in [1.54, 1.807) is 17.4 Å². The van der Waals surface area contributed by atoms with Crippen molar-refractivity contribution in [2.45, 2.75) is 13.5 Å². The maximum absolute atomic E-state index is 10.4. The van der Waals surface area contributed by atoms with E-state index in [0.29, 0.717) is 6.61 Å². The first-order chi connectivity index (χ1) is 9.15. The summed E-state index contributed by atoms with van der Waals surface area (Å²) in [5.74, 6) is -0.0672. The van der Waals surface area contributed by atoms with E-state index in [0.717, 1.165) is 27.8 Å². The van der Waals surface area contributed by atoms with E-state index >= 15 is 0 Å². The second-order valence-corrected chi connectivity index (χ2v) is 5.07. The van der Waals surface area contributed by atoms with E-state index in [2.05, 4.69) is 0 Å². The molecule has 19 heavy (non-hydrogen) atoms. The molecule has 98 valence electrons. The van der Waals surface area contributed by atoms with Crippen molar-refractivity contribution in [3.8, 4) is 5.75 Å². The van der Waals surface area contributed by atoms with Crippen LogP contribution in [0.1, 0.15) is 16.0 Å². The molecule has 0 atom stereocenters. The molecule has 0 bridgehead atoms. The summed E-state index contributed by atoms with van der Waals surface area (Å²) in [6, 6.07) is 9.79. The molecule has 1 N–H and O–H groups in total. The smallest absolute Gasteiger partial charge is 0.328 e. The third-order valence-corrected chi connectivity index (χ3v) is 3.48. The fourth-order valence-corrected chi connectivity index (χ4v) is 2.36. The Morgan fingerprint density at radius 3 is 2.95 bits per heavy atom. The van der Waals surface area contributed by atoms with Crippen molar-refractivity contribution in [2.24, 2.45) is 0 Å². The van der Waals surface area contributed by atoms with E-state index in [1.165, 1.54) is 0 Å². The zero-order chi connectivity index (χ0) is 13.7. The van der Waals surface area contributed by atoms with Crippen molar-refractivity contribution in [1.82, 2.24) is 0 Å². The van der Waals surface area contributed by atoms with E-state index in [4.69, 9.17) is 9.84 Å². The monoisotopic (exact) mass is 274 g/mol. The van der Waals surface area contributed by atoms with Crippen molar-refractivity contribution in [2.75, 3.05) is 0 Å². The van der Waals surface area contributed by atoms with Gasteiger partial charge in [0.1, 0.15) is 12.4 Å². The highest BCUT2D eigenvalue weighted by Gasteiger charge is 2.01. The number of ether oxygens (including phenoxy) is 1. The Bertz CT molecular complexity index is 599. The van der Waals surface area contributed by atoms with Gasteiger partial charge in [0, 0.05) is 11.0 Å². The minimum atomic E-state index is -0.941. The highest BCUT2D eigenvalue weighted by Crippen LogP contribution is 2.21. The number of carboxylic acids is 1. The molecular formula is C15H14O3S. The summed E-state index contributed by atoms with van der Waals surface area (Å²) < 4.78 is 5.73. The van der Waals surface area contributed by atoms with Crippen LogP contribution >= 0.6 is 11.3 Å². The zero-order valence-electron chi connectivity index (χ0n) is 10.5. The summed E-state index contributed by atoms with van der Waals surface area (Å²) >= 11 is 1.56. The SMILES string of the molecule is Cc1ccccc1OCc1cc(C=CC(=O)O)cs1. The fraction of sp³-hybridized carbons (Fsp3) is 0.133. The normalized spacial score (nSPS) is 10.8. The average Bonchev–Trinajstić information content (AvgIpc) is 2.83. The van der Waals surface area contributed by atoms with Crippen LogP contribution in [0, 0.1) is 6.92 Å². The second-order valence-electron chi connectivity index (χ2n) is 4.07. The van der Waals surface area contributed by atoms with Gasteiger partial charge in [0.2, 0.25) is 0 Å². The Balaban J connectivity index is 1.97. The number of benzene rings is 1. The van der Waals surface area contributed by atoms with Gasteiger partial charge in [0.25, 0.3) is 0 Å². The van der Waals surface area contributed by atoms with Gasteiger partial charge in [-0.25, -0.2) is 4.79 Å². The number of aryl methyl sites for hydroxylation is 1. The standard InChI is InChI=1S/C15H14O3S/c1-11-4-2-3-5-14(11)18-9-13-8-12(10-19-13)6-7-15(16)17/h2-8,10H,9H2,1H3,(H,16,17). The van der Waals surface area contributed by atoms with Gasteiger partial charge in [-0.1, -0.05) is 18.2 Å². The van der Waals surface area contributed by atoms with E-state index in [1.807, 2.05) is 42.6 Å². The predicted molar refractivity (Wildman–Crippen MR) is 76.5 cm³/mol. The quantitative estimate of drug-likeness (QED) is 0.845. The van der Waals surface area contributed by atoms with Crippen LogP contribution in [0.5, 0.6) is 5.75 Å². The van der Waals surface area contributed by atoms with Crippen molar-refractivity contribution in [3.63, 3.8) is 0 Å². The number of rotatable bonds is 5.